The lowest BCUT2D eigenvalue weighted by atomic mass is 9.74. The van der Waals surface area contributed by atoms with Gasteiger partial charge in [-0.2, -0.15) is 13.2 Å². The highest BCUT2D eigenvalue weighted by atomic mass is 19.4. The zero-order chi connectivity index (χ0) is 22.6. The minimum absolute atomic E-state index is 0.187. The number of rotatable bonds is 5. The molecule has 0 aromatic heterocycles. The molecule has 32 heavy (non-hydrogen) atoms. The highest BCUT2D eigenvalue weighted by Gasteiger charge is 2.36. The van der Waals surface area contributed by atoms with E-state index >= 15 is 0 Å². The molecule has 4 rings (SSSR count). The van der Waals surface area contributed by atoms with Crippen molar-refractivity contribution in [2.24, 2.45) is 4.99 Å². The fraction of sp³-hybridized carbons (Fsp3) is 0.435. The molecule has 0 amide bonds. The van der Waals surface area contributed by atoms with E-state index in [0.717, 1.165) is 42.0 Å². The van der Waals surface area contributed by atoms with E-state index in [4.69, 9.17) is 14.2 Å². The first-order valence-corrected chi connectivity index (χ1v) is 10.5. The molecular weight excluding hydrogens is 423 g/mol. The first-order valence-electron chi connectivity index (χ1n) is 10.5. The molecule has 2 aliphatic heterocycles. The molecule has 0 saturated carbocycles. The van der Waals surface area contributed by atoms with Crippen molar-refractivity contribution in [3.05, 3.63) is 59.2 Å². The number of guanidine groups is 1. The summed E-state index contributed by atoms with van der Waals surface area (Å²) in [5.41, 5.74) is 0.807. The topological polar surface area (TPSA) is 64.1 Å². The van der Waals surface area contributed by atoms with Crippen LogP contribution in [0.5, 0.6) is 11.5 Å². The second-order valence-corrected chi connectivity index (χ2v) is 7.94. The fourth-order valence-electron chi connectivity index (χ4n) is 4.07. The molecule has 2 aromatic rings. The van der Waals surface area contributed by atoms with Crippen molar-refractivity contribution < 1.29 is 27.4 Å². The largest absolute Gasteiger partial charge is 0.454 e. The molecule has 2 N–H and O–H groups in total. The van der Waals surface area contributed by atoms with Crippen LogP contribution in [0, 0.1) is 0 Å². The molecule has 1 fully saturated rings. The number of halogens is 3. The molecule has 0 atom stereocenters. The maximum atomic E-state index is 13.0. The minimum Gasteiger partial charge on any atom is -0.454 e. The number of alkyl halides is 3. The van der Waals surface area contributed by atoms with Crippen LogP contribution in [0.15, 0.2) is 47.5 Å². The van der Waals surface area contributed by atoms with Crippen LogP contribution < -0.4 is 20.1 Å². The summed E-state index contributed by atoms with van der Waals surface area (Å²) in [6, 6.07) is 11.3. The third-order valence-electron chi connectivity index (χ3n) is 5.97. The van der Waals surface area contributed by atoms with Crippen molar-refractivity contribution in [3.8, 4) is 11.5 Å². The summed E-state index contributed by atoms with van der Waals surface area (Å²) < 4.78 is 55.5. The van der Waals surface area contributed by atoms with E-state index < -0.39 is 11.7 Å². The summed E-state index contributed by atoms with van der Waals surface area (Å²) in [7, 11) is 1.64. The molecule has 0 spiro atoms. The molecule has 9 heteroatoms. The number of benzene rings is 2. The average molecular weight is 449 g/mol. The van der Waals surface area contributed by atoms with E-state index in [-0.39, 0.29) is 18.8 Å². The third kappa shape index (κ3) is 4.93. The highest BCUT2D eigenvalue weighted by Crippen LogP contribution is 2.40. The Hall–Kier alpha value is -2.94. The summed E-state index contributed by atoms with van der Waals surface area (Å²) in [6.45, 7) is 2.33. The van der Waals surface area contributed by atoms with Gasteiger partial charge in [0.25, 0.3) is 0 Å². The van der Waals surface area contributed by atoms with Gasteiger partial charge in [0.15, 0.2) is 17.5 Å². The van der Waals surface area contributed by atoms with Gasteiger partial charge in [-0.1, -0.05) is 18.2 Å². The zero-order valence-electron chi connectivity index (χ0n) is 17.8. The predicted octanol–water partition coefficient (Wildman–Crippen LogP) is 3.85. The molecule has 2 aromatic carbocycles. The quantitative estimate of drug-likeness (QED) is 0.536. The summed E-state index contributed by atoms with van der Waals surface area (Å²) >= 11 is 0. The van der Waals surface area contributed by atoms with E-state index in [1.807, 2.05) is 12.1 Å². The van der Waals surface area contributed by atoms with E-state index in [1.165, 1.54) is 6.07 Å². The summed E-state index contributed by atoms with van der Waals surface area (Å²) in [6.07, 6.45) is -2.72. The molecule has 0 bridgehead atoms. The van der Waals surface area contributed by atoms with Gasteiger partial charge in [0, 0.05) is 38.8 Å². The SMILES string of the molecule is CN=C(NCc1cccc(C(F)(F)F)c1)NCC1(c2ccc3c(c2)OCO3)CCOCC1. The first-order chi connectivity index (χ1) is 15.4. The smallest absolute Gasteiger partial charge is 0.416 e. The minimum atomic E-state index is -4.37. The van der Waals surface area contributed by atoms with Gasteiger partial charge >= 0.3 is 6.18 Å². The second kappa shape index (κ2) is 9.28. The van der Waals surface area contributed by atoms with E-state index in [1.54, 1.807) is 13.1 Å². The predicted molar refractivity (Wildman–Crippen MR) is 114 cm³/mol. The Kier molecular flexibility index (Phi) is 6.45. The second-order valence-electron chi connectivity index (χ2n) is 7.94. The Morgan fingerprint density at radius 1 is 1.03 bits per heavy atom. The standard InChI is InChI=1S/C23H26F3N3O3/c1-27-21(28-13-16-3-2-4-18(11-16)23(24,25)26)29-14-22(7-9-30-10-8-22)17-5-6-19-20(12-17)32-15-31-19/h2-6,11-12H,7-10,13-15H2,1H3,(H2,27,28,29). The average Bonchev–Trinajstić information content (AvgIpc) is 3.27. The van der Waals surface area contributed by atoms with Crippen LogP contribution in [-0.2, 0) is 22.9 Å². The van der Waals surface area contributed by atoms with Gasteiger partial charge < -0.3 is 24.8 Å². The van der Waals surface area contributed by atoms with Crippen LogP contribution in [0.4, 0.5) is 13.2 Å². The maximum Gasteiger partial charge on any atom is 0.416 e. The Balaban J connectivity index is 1.43. The van der Waals surface area contributed by atoms with Gasteiger partial charge in [-0.3, -0.25) is 4.99 Å². The van der Waals surface area contributed by atoms with Crippen molar-refractivity contribution in [2.45, 2.75) is 31.0 Å². The summed E-state index contributed by atoms with van der Waals surface area (Å²) in [5.74, 6) is 2.00. The van der Waals surface area contributed by atoms with Crippen LogP contribution >= 0.6 is 0 Å². The lowest BCUT2D eigenvalue weighted by Gasteiger charge is -2.38. The van der Waals surface area contributed by atoms with E-state index in [9.17, 15) is 13.2 Å². The first kappa shape index (κ1) is 22.3. The lowest BCUT2D eigenvalue weighted by Crippen LogP contribution is -2.47. The van der Waals surface area contributed by atoms with E-state index in [0.29, 0.717) is 31.3 Å². The molecule has 0 radical (unpaired) electrons. The van der Waals surface area contributed by atoms with Crippen molar-refractivity contribution >= 4 is 5.96 Å². The highest BCUT2D eigenvalue weighted by molar-refractivity contribution is 5.79. The van der Waals surface area contributed by atoms with E-state index in [2.05, 4.69) is 21.7 Å². The molecule has 2 aliphatic rings. The summed E-state index contributed by atoms with van der Waals surface area (Å²) in [4.78, 5) is 4.24. The van der Waals surface area contributed by atoms with Crippen molar-refractivity contribution in [2.75, 3.05) is 33.6 Å². The Labute approximate surface area is 184 Å². The van der Waals surface area contributed by atoms with Crippen molar-refractivity contribution in [1.29, 1.82) is 0 Å². The normalized spacial score (nSPS) is 17.8. The van der Waals surface area contributed by atoms with Gasteiger partial charge in [0.2, 0.25) is 6.79 Å². The third-order valence-corrected chi connectivity index (χ3v) is 5.97. The number of aliphatic imine (C=N–C) groups is 1. The molecule has 0 unspecified atom stereocenters. The van der Waals surface area contributed by atoms with Gasteiger partial charge in [-0.25, -0.2) is 0 Å². The molecule has 172 valence electrons. The van der Waals surface area contributed by atoms with Gasteiger partial charge in [0.05, 0.1) is 5.56 Å². The Morgan fingerprint density at radius 2 is 1.81 bits per heavy atom. The lowest BCUT2D eigenvalue weighted by molar-refractivity contribution is -0.137. The fourth-order valence-corrected chi connectivity index (χ4v) is 4.07. The summed E-state index contributed by atoms with van der Waals surface area (Å²) in [5, 5.41) is 6.46. The number of fused-ring (bicyclic) bond motifs is 1. The van der Waals surface area contributed by atoms with Crippen LogP contribution in [0.25, 0.3) is 0 Å². The van der Waals surface area contributed by atoms with Crippen molar-refractivity contribution in [1.82, 2.24) is 10.6 Å². The maximum absolute atomic E-state index is 13.0. The van der Waals surface area contributed by atoms with Crippen LogP contribution in [0.1, 0.15) is 29.5 Å². The molecule has 2 heterocycles. The Bertz CT molecular complexity index is 972. The van der Waals surface area contributed by atoms with Gasteiger partial charge in [-0.05, 0) is 48.2 Å². The number of nitrogens with one attached hydrogen (secondary N) is 2. The number of nitrogens with zero attached hydrogens (tertiary/aromatic N) is 1. The molecular formula is C23H26F3N3O3. The van der Waals surface area contributed by atoms with Crippen LogP contribution in [0.2, 0.25) is 0 Å². The monoisotopic (exact) mass is 449 g/mol. The van der Waals surface area contributed by atoms with Gasteiger partial charge in [0.1, 0.15) is 0 Å². The Morgan fingerprint density at radius 3 is 2.56 bits per heavy atom. The van der Waals surface area contributed by atoms with Gasteiger partial charge in [-0.15, -0.1) is 0 Å². The van der Waals surface area contributed by atoms with Crippen LogP contribution in [0.3, 0.4) is 0 Å². The molecule has 1 saturated heterocycles. The zero-order valence-corrected chi connectivity index (χ0v) is 17.8. The number of hydrogen-bond acceptors (Lipinski definition) is 4. The molecule has 0 aliphatic carbocycles. The van der Waals surface area contributed by atoms with Crippen molar-refractivity contribution in [3.63, 3.8) is 0 Å². The molecule has 6 nitrogen and oxygen atoms in total. The number of ether oxygens (including phenoxy) is 3. The van der Waals surface area contributed by atoms with Crippen LogP contribution in [-0.4, -0.2) is 39.6 Å². The number of hydrogen-bond donors (Lipinski definition) is 2.